The maximum absolute atomic E-state index is 5.01. The highest BCUT2D eigenvalue weighted by Gasteiger charge is 2.31. The fourth-order valence-corrected chi connectivity index (χ4v) is 0.410. The van der Waals surface area contributed by atoms with E-state index in [4.69, 9.17) is 9.31 Å². The SMILES string of the molecule is C=C1O[B]OC1(C)C. The zero-order valence-corrected chi connectivity index (χ0v) is 5.10. The Bertz CT molecular complexity index is 120. The van der Waals surface area contributed by atoms with Crippen molar-refractivity contribution in [1.82, 2.24) is 0 Å². The van der Waals surface area contributed by atoms with Crippen LogP contribution in [0.5, 0.6) is 0 Å². The van der Waals surface area contributed by atoms with Gasteiger partial charge in [-0.3, -0.25) is 0 Å². The molecule has 1 fully saturated rings. The fraction of sp³-hybridized carbons (Fsp3) is 0.600. The van der Waals surface area contributed by atoms with Gasteiger partial charge in [0, 0.05) is 0 Å². The van der Waals surface area contributed by atoms with Crippen molar-refractivity contribution in [2.45, 2.75) is 19.4 Å². The smallest absolute Gasteiger partial charge is 0.539 e. The lowest BCUT2D eigenvalue weighted by molar-refractivity contribution is 0.177. The summed E-state index contributed by atoms with van der Waals surface area (Å²) in [5.41, 5.74) is -0.319. The Morgan fingerprint density at radius 2 is 2.25 bits per heavy atom. The molecule has 1 aliphatic heterocycles. The van der Waals surface area contributed by atoms with E-state index in [1.54, 1.807) is 0 Å². The third kappa shape index (κ3) is 0.735. The average Bonchev–Trinajstić information content (AvgIpc) is 1.86. The molecule has 0 amide bonds. The van der Waals surface area contributed by atoms with Gasteiger partial charge in [0.25, 0.3) is 0 Å². The van der Waals surface area contributed by atoms with Crippen LogP contribution >= 0.6 is 0 Å². The van der Waals surface area contributed by atoms with Gasteiger partial charge in [-0.25, -0.2) is 0 Å². The van der Waals surface area contributed by atoms with Gasteiger partial charge in [-0.15, -0.1) is 0 Å². The summed E-state index contributed by atoms with van der Waals surface area (Å²) < 4.78 is 9.83. The Morgan fingerprint density at radius 3 is 2.38 bits per heavy atom. The topological polar surface area (TPSA) is 18.5 Å². The van der Waals surface area contributed by atoms with Crippen molar-refractivity contribution in [3.63, 3.8) is 0 Å². The van der Waals surface area contributed by atoms with Gasteiger partial charge in [-0.1, -0.05) is 6.58 Å². The van der Waals surface area contributed by atoms with Gasteiger partial charge < -0.3 is 9.31 Å². The highest BCUT2D eigenvalue weighted by molar-refractivity contribution is 6.20. The van der Waals surface area contributed by atoms with Gasteiger partial charge in [0.2, 0.25) is 0 Å². The molecule has 0 spiro atoms. The van der Waals surface area contributed by atoms with Crippen LogP contribution in [0.2, 0.25) is 0 Å². The molecule has 0 N–H and O–H groups in total. The van der Waals surface area contributed by atoms with Gasteiger partial charge in [0.05, 0.1) is 5.76 Å². The van der Waals surface area contributed by atoms with Crippen LogP contribution in [0.1, 0.15) is 13.8 Å². The minimum atomic E-state index is -0.319. The third-order valence-electron chi connectivity index (χ3n) is 1.20. The van der Waals surface area contributed by atoms with Gasteiger partial charge in [0.1, 0.15) is 5.60 Å². The van der Waals surface area contributed by atoms with Crippen LogP contribution in [0.25, 0.3) is 0 Å². The van der Waals surface area contributed by atoms with Crippen LogP contribution in [0.3, 0.4) is 0 Å². The largest absolute Gasteiger partial charge is 0.572 e. The summed E-state index contributed by atoms with van der Waals surface area (Å²) in [6.45, 7) is 7.43. The summed E-state index contributed by atoms with van der Waals surface area (Å²) in [6, 6.07) is 0. The fourth-order valence-electron chi connectivity index (χ4n) is 0.410. The summed E-state index contributed by atoms with van der Waals surface area (Å²) in [7, 11) is 1.31. The lowest BCUT2D eigenvalue weighted by Crippen LogP contribution is -2.19. The molecule has 43 valence electrons. The molecule has 1 heterocycles. The quantitative estimate of drug-likeness (QED) is 0.431. The van der Waals surface area contributed by atoms with Crippen molar-refractivity contribution in [2.75, 3.05) is 0 Å². The normalized spacial score (nSPS) is 24.5. The molecular formula is C5H8BO2. The number of rotatable bonds is 0. The van der Waals surface area contributed by atoms with E-state index in [1.165, 1.54) is 7.69 Å². The minimum absolute atomic E-state index is 0.319. The van der Waals surface area contributed by atoms with E-state index in [0.717, 1.165) is 0 Å². The van der Waals surface area contributed by atoms with Gasteiger partial charge in [-0.05, 0) is 13.8 Å². The molecular weight excluding hydrogens is 103 g/mol. The van der Waals surface area contributed by atoms with E-state index in [1.807, 2.05) is 13.8 Å². The average molecular weight is 111 g/mol. The molecule has 1 radical (unpaired) electrons. The van der Waals surface area contributed by atoms with Gasteiger partial charge >= 0.3 is 7.69 Å². The van der Waals surface area contributed by atoms with E-state index >= 15 is 0 Å². The molecule has 2 nitrogen and oxygen atoms in total. The number of hydrogen-bond donors (Lipinski definition) is 0. The lowest BCUT2D eigenvalue weighted by atomic mass is 10.1. The molecule has 3 heteroatoms. The molecule has 1 aliphatic rings. The Morgan fingerprint density at radius 1 is 1.62 bits per heavy atom. The van der Waals surface area contributed by atoms with Gasteiger partial charge in [0.15, 0.2) is 0 Å². The Hall–Kier alpha value is -0.435. The maximum Gasteiger partial charge on any atom is 0.572 e. The van der Waals surface area contributed by atoms with E-state index in [-0.39, 0.29) is 5.60 Å². The molecule has 0 saturated carbocycles. The first kappa shape index (κ1) is 5.70. The Kier molecular flexibility index (Phi) is 1.08. The van der Waals surface area contributed by atoms with Crippen LogP contribution in [-0.2, 0) is 9.31 Å². The molecule has 0 aromatic heterocycles. The predicted molar refractivity (Wildman–Crippen MR) is 31.1 cm³/mol. The van der Waals surface area contributed by atoms with Crippen molar-refractivity contribution < 1.29 is 9.31 Å². The third-order valence-corrected chi connectivity index (χ3v) is 1.20. The monoisotopic (exact) mass is 111 g/mol. The molecule has 0 aliphatic carbocycles. The molecule has 0 aromatic rings. The number of hydrogen-bond acceptors (Lipinski definition) is 2. The molecule has 0 unspecified atom stereocenters. The minimum Gasteiger partial charge on any atom is -0.539 e. The predicted octanol–water partition coefficient (Wildman–Crippen LogP) is 0.860. The zero-order chi connectivity index (χ0) is 6.20. The van der Waals surface area contributed by atoms with E-state index < -0.39 is 0 Å². The molecule has 1 saturated heterocycles. The summed E-state index contributed by atoms with van der Waals surface area (Å²) in [6.07, 6.45) is 0. The Balaban J connectivity index is 2.68. The lowest BCUT2D eigenvalue weighted by Gasteiger charge is -2.14. The van der Waals surface area contributed by atoms with E-state index in [2.05, 4.69) is 6.58 Å². The Labute approximate surface area is 49.8 Å². The standard InChI is InChI=1S/C5H8BO2/c1-4-5(2,3)8-6-7-4/h1H2,2-3H3. The second-order valence-corrected chi connectivity index (χ2v) is 2.27. The highest BCUT2D eigenvalue weighted by Crippen LogP contribution is 2.24. The first-order valence-corrected chi connectivity index (χ1v) is 2.48. The van der Waals surface area contributed by atoms with Crippen molar-refractivity contribution in [3.05, 3.63) is 12.3 Å². The molecule has 0 bridgehead atoms. The van der Waals surface area contributed by atoms with Crippen LogP contribution < -0.4 is 0 Å². The van der Waals surface area contributed by atoms with Crippen molar-refractivity contribution in [1.29, 1.82) is 0 Å². The van der Waals surface area contributed by atoms with Gasteiger partial charge in [-0.2, -0.15) is 0 Å². The van der Waals surface area contributed by atoms with Crippen LogP contribution in [0.4, 0.5) is 0 Å². The van der Waals surface area contributed by atoms with Crippen molar-refractivity contribution in [2.24, 2.45) is 0 Å². The first-order chi connectivity index (χ1) is 3.63. The van der Waals surface area contributed by atoms with Crippen LogP contribution in [-0.4, -0.2) is 13.3 Å². The zero-order valence-electron chi connectivity index (χ0n) is 5.10. The van der Waals surface area contributed by atoms with Crippen LogP contribution in [0, 0.1) is 0 Å². The summed E-state index contributed by atoms with van der Waals surface area (Å²) in [4.78, 5) is 0. The van der Waals surface area contributed by atoms with Crippen molar-refractivity contribution >= 4 is 7.69 Å². The summed E-state index contributed by atoms with van der Waals surface area (Å²) in [5, 5.41) is 0. The highest BCUT2D eigenvalue weighted by atomic mass is 16.6. The maximum atomic E-state index is 5.01. The van der Waals surface area contributed by atoms with E-state index in [0.29, 0.717) is 5.76 Å². The molecule has 1 rings (SSSR count). The van der Waals surface area contributed by atoms with Crippen molar-refractivity contribution in [3.8, 4) is 0 Å². The molecule has 0 aromatic carbocycles. The second kappa shape index (κ2) is 1.52. The summed E-state index contributed by atoms with van der Waals surface area (Å²) >= 11 is 0. The van der Waals surface area contributed by atoms with Crippen LogP contribution in [0.15, 0.2) is 12.3 Å². The molecule has 0 atom stereocenters. The second-order valence-electron chi connectivity index (χ2n) is 2.27. The molecule has 8 heavy (non-hydrogen) atoms. The summed E-state index contributed by atoms with van der Waals surface area (Å²) in [5.74, 6) is 0.664. The first-order valence-electron chi connectivity index (χ1n) is 2.48. The van der Waals surface area contributed by atoms with E-state index in [9.17, 15) is 0 Å².